The van der Waals surface area contributed by atoms with E-state index in [1.807, 2.05) is 47.4 Å². The average Bonchev–Trinajstić information content (AvgIpc) is 3.49. The van der Waals surface area contributed by atoms with Crippen LogP contribution in [0.5, 0.6) is 5.75 Å². The van der Waals surface area contributed by atoms with E-state index in [9.17, 15) is 4.79 Å². The van der Waals surface area contributed by atoms with Crippen molar-refractivity contribution in [2.75, 3.05) is 7.11 Å². The highest BCUT2D eigenvalue weighted by molar-refractivity contribution is 5.79. The molecule has 0 bridgehead atoms. The van der Waals surface area contributed by atoms with Crippen LogP contribution >= 0.6 is 0 Å². The molecule has 28 heavy (non-hydrogen) atoms. The number of nitrogens with zero attached hydrogens (tertiary/aromatic N) is 2. The van der Waals surface area contributed by atoms with Crippen LogP contribution in [0.15, 0.2) is 57.7 Å². The minimum atomic E-state index is 0.0999. The fourth-order valence-corrected chi connectivity index (χ4v) is 3.71. The molecule has 0 spiro atoms. The molecule has 2 heterocycles. The van der Waals surface area contributed by atoms with E-state index in [0.717, 1.165) is 48.5 Å². The third kappa shape index (κ3) is 4.11. The number of amides is 1. The number of hydrogen-bond acceptors (Lipinski definition) is 5. The van der Waals surface area contributed by atoms with E-state index < -0.39 is 0 Å². The van der Waals surface area contributed by atoms with Gasteiger partial charge in [-0.25, -0.2) is 0 Å². The maximum atomic E-state index is 13.0. The van der Waals surface area contributed by atoms with Crippen LogP contribution in [0.3, 0.4) is 0 Å². The van der Waals surface area contributed by atoms with Crippen molar-refractivity contribution in [2.45, 2.75) is 38.8 Å². The molecule has 0 unspecified atom stereocenters. The second kappa shape index (κ2) is 8.33. The SMILES string of the molecule is COc1ccc(-c2cc(CN(Cc3ccco3)C(=O)C3CCCC3)no2)cc1. The standard InChI is InChI=1S/C22H24N2O4/c1-26-19-10-8-16(9-11-19)21-13-18(23-28-21)14-24(15-20-7-4-12-27-20)22(25)17-5-2-3-6-17/h4,7-13,17H,2-3,5-6,14-15H2,1H3. The molecule has 1 aliphatic carbocycles. The highest BCUT2D eigenvalue weighted by Gasteiger charge is 2.28. The van der Waals surface area contributed by atoms with E-state index >= 15 is 0 Å². The first kappa shape index (κ1) is 18.3. The number of aromatic nitrogens is 1. The van der Waals surface area contributed by atoms with Gasteiger partial charge in [-0.2, -0.15) is 0 Å². The first-order valence-electron chi connectivity index (χ1n) is 9.64. The Labute approximate surface area is 164 Å². The summed E-state index contributed by atoms with van der Waals surface area (Å²) in [5.74, 6) is 2.50. The minimum Gasteiger partial charge on any atom is -0.497 e. The topological polar surface area (TPSA) is 68.7 Å². The summed E-state index contributed by atoms with van der Waals surface area (Å²) < 4.78 is 16.2. The Kier molecular flexibility index (Phi) is 5.46. The zero-order chi connectivity index (χ0) is 19.3. The number of hydrogen-bond donors (Lipinski definition) is 0. The predicted octanol–water partition coefficient (Wildman–Crippen LogP) is 4.66. The van der Waals surface area contributed by atoms with Gasteiger partial charge in [-0.3, -0.25) is 4.79 Å². The van der Waals surface area contributed by atoms with E-state index in [1.54, 1.807) is 13.4 Å². The van der Waals surface area contributed by atoms with Crippen molar-refractivity contribution in [2.24, 2.45) is 5.92 Å². The Hall–Kier alpha value is -3.02. The van der Waals surface area contributed by atoms with Crippen LogP contribution in [0.2, 0.25) is 0 Å². The van der Waals surface area contributed by atoms with Gasteiger partial charge in [0.15, 0.2) is 5.76 Å². The van der Waals surface area contributed by atoms with Crippen molar-refractivity contribution in [3.8, 4) is 17.1 Å². The number of benzene rings is 1. The lowest BCUT2D eigenvalue weighted by Gasteiger charge is -2.23. The Bertz CT molecular complexity index is 893. The molecule has 1 saturated carbocycles. The summed E-state index contributed by atoms with van der Waals surface area (Å²) in [6.45, 7) is 0.836. The van der Waals surface area contributed by atoms with E-state index in [2.05, 4.69) is 5.16 Å². The molecule has 1 aromatic carbocycles. The first-order chi connectivity index (χ1) is 13.7. The molecule has 6 nitrogen and oxygen atoms in total. The lowest BCUT2D eigenvalue weighted by Crippen LogP contribution is -2.34. The maximum Gasteiger partial charge on any atom is 0.226 e. The van der Waals surface area contributed by atoms with Gasteiger partial charge in [0.1, 0.15) is 17.2 Å². The summed E-state index contributed by atoms with van der Waals surface area (Å²) in [6, 6.07) is 13.2. The quantitative estimate of drug-likeness (QED) is 0.596. The summed E-state index contributed by atoms with van der Waals surface area (Å²) in [5, 5.41) is 4.18. The van der Waals surface area contributed by atoms with Crippen LogP contribution in [0.4, 0.5) is 0 Å². The number of carbonyl (C=O) groups is 1. The van der Waals surface area contributed by atoms with Crippen LogP contribution in [0.1, 0.15) is 37.1 Å². The maximum absolute atomic E-state index is 13.0. The van der Waals surface area contributed by atoms with E-state index in [1.165, 1.54) is 0 Å². The molecule has 1 aliphatic rings. The number of carbonyl (C=O) groups excluding carboxylic acids is 1. The van der Waals surface area contributed by atoms with Crippen molar-refractivity contribution in [3.05, 3.63) is 60.2 Å². The predicted molar refractivity (Wildman–Crippen MR) is 103 cm³/mol. The third-order valence-electron chi connectivity index (χ3n) is 5.23. The molecule has 0 atom stereocenters. The molecule has 0 saturated heterocycles. The molecule has 6 heteroatoms. The van der Waals surface area contributed by atoms with Gasteiger partial charge < -0.3 is 18.6 Å². The van der Waals surface area contributed by atoms with E-state index in [-0.39, 0.29) is 11.8 Å². The molecule has 1 amide bonds. The Morgan fingerprint density at radius 3 is 2.64 bits per heavy atom. The van der Waals surface area contributed by atoms with Gasteiger partial charge in [0.25, 0.3) is 0 Å². The lowest BCUT2D eigenvalue weighted by molar-refractivity contribution is -0.137. The molecule has 3 aromatic rings. The first-order valence-corrected chi connectivity index (χ1v) is 9.64. The zero-order valence-electron chi connectivity index (χ0n) is 16.0. The summed E-state index contributed by atoms with van der Waals surface area (Å²) in [4.78, 5) is 14.9. The Morgan fingerprint density at radius 1 is 1.18 bits per heavy atom. The molecule has 146 valence electrons. The number of furan rings is 1. The fourth-order valence-electron chi connectivity index (χ4n) is 3.71. The third-order valence-corrected chi connectivity index (χ3v) is 5.23. The highest BCUT2D eigenvalue weighted by atomic mass is 16.5. The molecule has 1 fully saturated rings. The van der Waals surface area contributed by atoms with Gasteiger partial charge in [-0.1, -0.05) is 18.0 Å². The smallest absolute Gasteiger partial charge is 0.226 e. The molecular weight excluding hydrogens is 356 g/mol. The van der Waals surface area contributed by atoms with Gasteiger partial charge in [0.05, 0.1) is 26.5 Å². The number of rotatable bonds is 7. The average molecular weight is 380 g/mol. The minimum absolute atomic E-state index is 0.0999. The van der Waals surface area contributed by atoms with Crippen molar-refractivity contribution in [3.63, 3.8) is 0 Å². The van der Waals surface area contributed by atoms with Crippen LogP contribution in [0.25, 0.3) is 11.3 Å². The second-order valence-corrected chi connectivity index (χ2v) is 7.17. The Balaban J connectivity index is 1.51. The van der Waals surface area contributed by atoms with Gasteiger partial charge in [0, 0.05) is 17.5 Å². The van der Waals surface area contributed by atoms with Crippen molar-refractivity contribution < 1.29 is 18.5 Å². The zero-order valence-corrected chi connectivity index (χ0v) is 16.0. The molecule has 4 rings (SSSR count). The lowest BCUT2D eigenvalue weighted by atomic mass is 10.1. The summed E-state index contributed by atoms with van der Waals surface area (Å²) in [5.41, 5.74) is 1.64. The highest BCUT2D eigenvalue weighted by Crippen LogP contribution is 2.29. The monoisotopic (exact) mass is 380 g/mol. The molecule has 0 aliphatic heterocycles. The Morgan fingerprint density at radius 2 is 1.96 bits per heavy atom. The van der Waals surface area contributed by atoms with E-state index in [0.29, 0.717) is 18.8 Å². The molecular formula is C22H24N2O4. The van der Waals surface area contributed by atoms with Crippen molar-refractivity contribution in [1.82, 2.24) is 10.1 Å². The molecule has 0 N–H and O–H groups in total. The van der Waals surface area contributed by atoms with Crippen molar-refractivity contribution >= 4 is 5.91 Å². The number of methoxy groups -OCH3 is 1. The second-order valence-electron chi connectivity index (χ2n) is 7.17. The van der Waals surface area contributed by atoms with Gasteiger partial charge >= 0.3 is 0 Å². The van der Waals surface area contributed by atoms with Crippen LogP contribution in [-0.4, -0.2) is 23.1 Å². The summed E-state index contributed by atoms with van der Waals surface area (Å²) in [7, 11) is 1.64. The molecule has 0 radical (unpaired) electrons. The molecule has 2 aromatic heterocycles. The van der Waals surface area contributed by atoms with Gasteiger partial charge in [-0.05, 0) is 49.2 Å². The normalized spacial score (nSPS) is 14.3. The summed E-state index contributed by atoms with van der Waals surface area (Å²) >= 11 is 0. The fraction of sp³-hybridized carbons (Fsp3) is 0.364. The van der Waals surface area contributed by atoms with Crippen LogP contribution in [0, 0.1) is 5.92 Å². The largest absolute Gasteiger partial charge is 0.497 e. The number of ether oxygens (including phenoxy) is 1. The van der Waals surface area contributed by atoms with Gasteiger partial charge in [0.2, 0.25) is 5.91 Å². The van der Waals surface area contributed by atoms with E-state index in [4.69, 9.17) is 13.7 Å². The van der Waals surface area contributed by atoms with Crippen LogP contribution in [-0.2, 0) is 17.9 Å². The van der Waals surface area contributed by atoms with Gasteiger partial charge in [-0.15, -0.1) is 0 Å². The van der Waals surface area contributed by atoms with Crippen molar-refractivity contribution in [1.29, 1.82) is 0 Å². The summed E-state index contributed by atoms with van der Waals surface area (Å²) in [6.07, 6.45) is 5.80. The van der Waals surface area contributed by atoms with Crippen LogP contribution < -0.4 is 4.74 Å².